The summed E-state index contributed by atoms with van der Waals surface area (Å²) in [6, 6.07) is 70.7. The van der Waals surface area contributed by atoms with Gasteiger partial charge in [0.2, 0.25) is 0 Å². The predicted octanol–water partition coefficient (Wildman–Crippen LogP) is 13.3. The predicted molar refractivity (Wildman–Crippen MR) is 225 cm³/mol. The second kappa shape index (κ2) is 13.4. The molecular weight excluding hydrogens is 655 g/mol. The fourth-order valence-corrected chi connectivity index (χ4v) is 7.52. The van der Waals surface area contributed by atoms with Crippen LogP contribution in [0.5, 0.6) is 0 Å². The first-order valence-electron chi connectivity index (χ1n) is 18.3. The molecule has 0 N–H and O–H groups in total. The van der Waals surface area contributed by atoms with E-state index in [0.29, 0.717) is 17.5 Å². The number of benzene rings is 9. The molecule has 54 heavy (non-hydrogen) atoms. The molecule has 0 saturated heterocycles. The summed E-state index contributed by atoms with van der Waals surface area (Å²) in [6.45, 7) is 0. The van der Waals surface area contributed by atoms with E-state index in [9.17, 15) is 0 Å². The van der Waals surface area contributed by atoms with Crippen LogP contribution in [-0.4, -0.2) is 15.0 Å². The highest BCUT2D eigenvalue weighted by atomic mass is 15.0. The summed E-state index contributed by atoms with van der Waals surface area (Å²) in [5.41, 5.74) is 9.76. The quantitative estimate of drug-likeness (QED) is 0.175. The van der Waals surface area contributed by atoms with Gasteiger partial charge in [-0.15, -0.1) is 0 Å². The number of nitrogens with zero attached hydrogens (tertiary/aromatic N) is 3. The Morgan fingerprint density at radius 3 is 1.39 bits per heavy atom. The molecule has 3 heteroatoms. The lowest BCUT2D eigenvalue weighted by atomic mass is 9.94. The van der Waals surface area contributed by atoms with Crippen LogP contribution < -0.4 is 0 Å². The summed E-state index contributed by atoms with van der Waals surface area (Å²) < 4.78 is 0. The summed E-state index contributed by atoms with van der Waals surface area (Å²) in [6.07, 6.45) is 0. The molecule has 0 aliphatic rings. The van der Waals surface area contributed by atoms with Crippen molar-refractivity contribution in [1.82, 2.24) is 15.0 Å². The van der Waals surface area contributed by atoms with Crippen LogP contribution in [0.2, 0.25) is 0 Å². The molecule has 0 atom stereocenters. The molecule has 0 amide bonds. The summed E-state index contributed by atoms with van der Waals surface area (Å²) in [4.78, 5) is 15.5. The number of rotatable bonds is 6. The minimum atomic E-state index is 0.632. The molecule has 0 radical (unpaired) electrons. The fraction of sp³-hybridized carbons (Fsp3) is 0. The zero-order valence-corrected chi connectivity index (χ0v) is 29.4. The molecule has 0 unspecified atom stereocenters. The smallest absolute Gasteiger partial charge is 0.164 e. The molecule has 252 valence electrons. The lowest BCUT2D eigenvalue weighted by Gasteiger charge is -2.13. The van der Waals surface area contributed by atoms with Crippen molar-refractivity contribution in [3.05, 3.63) is 200 Å². The van der Waals surface area contributed by atoms with E-state index in [1.54, 1.807) is 0 Å². The Morgan fingerprint density at radius 1 is 0.222 bits per heavy atom. The van der Waals surface area contributed by atoms with Crippen LogP contribution in [0.25, 0.3) is 99.9 Å². The molecule has 0 bridgehead atoms. The van der Waals surface area contributed by atoms with Crippen molar-refractivity contribution in [2.45, 2.75) is 0 Å². The van der Waals surface area contributed by atoms with Gasteiger partial charge in [-0.2, -0.15) is 0 Å². The SMILES string of the molecule is c1ccc(-c2cccc(-c3nc(-c4ccc(-c5ccc6ccccc6c5)cc4)nc(-c4cccc5c(-c6ccc7ccccc7c6)cccc45)n3)c2)cc1. The van der Waals surface area contributed by atoms with Crippen LogP contribution in [-0.2, 0) is 0 Å². The highest BCUT2D eigenvalue weighted by Crippen LogP contribution is 2.37. The lowest BCUT2D eigenvalue weighted by Crippen LogP contribution is -2.01. The second-order valence-electron chi connectivity index (χ2n) is 13.7. The van der Waals surface area contributed by atoms with Gasteiger partial charge in [0.15, 0.2) is 17.5 Å². The van der Waals surface area contributed by atoms with Crippen LogP contribution in [0.15, 0.2) is 200 Å². The molecule has 0 fully saturated rings. The van der Waals surface area contributed by atoms with E-state index in [-0.39, 0.29) is 0 Å². The monoisotopic (exact) mass is 687 g/mol. The first kappa shape index (κ1) is 31.5. The molecule has 1 aromatic heterocycles. The third-order valence-electron chi connectivity index (χ3n) is 10.3. The maximum Gasteiger partial charge on any atom is 0.164 e. The van der Waals surface area contributed by atoms with Crippen LogP contribution >= 0.6 is 0 Å². The van der Waals surface area contributed by atoms with Gasteiger partial charge in [-0.1, -0.05) is 182 Å². The minimum absolute atomic E-state index is 0.632. The van der Waals surface area contributed by atoms with Crippen molar-refractivity contribution in [1.29, 1.82) is 0 Å². The average molecular weight is 688 g/mol. The lowest BCUT2D eigenvalue weighted by molar-refractivity contribution is 1.08. The Labute approximate surface area is 313 Å². The first-order chi connectivity index (χ1) is 26.7. The van der Waals surface area contributed by atoms with Crippen molar-refractivity contribution in [3.8, 4) is 67.5 Å². The number of hydrogen-bond donors (Lipinski definition) is 0. The molecule has 0 spiro atoms. The van der Waals surface area contributed by atoms with Gasteiger partial charge >= 0.3 is 0 Å². The van der Waals surface area contributed by atoms with Gasteiger partial charge in [0.1, 0.15) is 0 Å². The average Bonchev–Trinajstić information content (AvgIpc) is 3.26. The molecule has 9 aromatic carbocycles. The first-order valence-corrected chi connectivity index (χ1v) is 18.3. The summed E-state index contributed by atoms with van der Waals surface area (Å²) in [7, 11) is 0. The van der Waals surface area contributed by atoms with Gasteiger partial charge in [-0.25, -0.2) is 15.0 Å². The molecule has 10 rings (SSSR count). The number of hydrogen-bond acceptors (Lipinski definition) is 3. The molecule has 1 heterocycles. The van der Waals surface area contributed by atoms with E-state index >= 15 is 0 Å². The van der Waals surface area contributed by atoms with Crippen LogP contribution in [0.4, 0.5) is 0 Å². The minimum Gasteiger partial charge on any atom is -0.208 e. The van der Waals surface area contributed by atoms with Crippen molar-refractivity contribution in [2.24, 2.45) is 0 Å². The van der Waals surface area contributed by atoms with E-state index < -0.39 is 0 Å². The Balaban J connectivity index is 1.12. The zero-order valence-electron chi connectivity index (χ0n) is 29.4. The number of fused-ring (bicyclic) bond motifs is 3. The van der Waals surface area contributed by atoms with Gasteiger partial charge in [0.05, 0.1) is 0 Å². The van der Waals surface area contributed by atoms with Gasteiger partial charge < -0.3 is 0 Å². The summed E-state index contributed by atoms with van der Waals surface area (Å²) >= 11 is 0. The van der Waals surface area contributed by atoms with E-state index in [4.69, 9.17) is 15.0 Å². The van der Waals surface area contributed by atoms with E-state index in [2.05, 4.69) is 194 Å². The molecule has 0 aliphatic heterocycles. The van der Waals surface area contributed by atoms with Crippen molar-refractivity contribution < 1.29 is 0 Å². The van der Waals surface area contributed by atoms with Crippen molar-refractivity contribution in [2.75, 3.05) is 0 Å². The number of aromatic nitrogens is 3. The Morgan fingerprint density at radius 2 is 0.667 bits per heavy atom. The molecule has 0 aliphatic carbocycles. The van der Waals surface area contributed by atoms with E-state index in [1.807, 2.05) is 6.07 Å². The largest absolute Gasteiger partial charge is 0.208 e. The Kier molecular flexibility index (Phi) is 7.81. The van der Waals surface area contributed by atoms with Crippen LogP contribution in [0, 0.1) is 0 Å². The van der Waals surface area contributed by atoms with Gasteiger partial charge in [0, 0.05) is 16.7 Å². The van der Waals surface area contributed by atoms with Crippen molar-refractivity contribution >= 4 is 32.3 Å². The molecule has 10 aromatic rings. The van der Waals surface area contributed by atoms with Crippen LogP contribution in [0.1, 0.15) is 0 Å². The third kappa shape index (κ3) is 5.88. The highest BCUT2D eigenvalue weighted by molar-refractivity contribution is 6.05. The Bertz CT molecular complexity index is 2990. The molecular formula is C51H33N3. The van der Waals surface area contributed by atoms with E-state index in [1.165, 1.54) is 38.2 Å². The van der Waals surface area contributed by atoms with Gasteiger partial charge in [-0.3, -0.25) is 0 Å². The maximum absolute atomic E-state index is 5.20. The normalized spacial score (nSPS) is 11.3. The van der Waals surface area contributed by atoms with Gasteiger partial charge in [0.25, 0.3) is 0 Å². The zero-order chi connectivity index (χ0) is 35.8. The van der Waals surface area contributed by atoms with Crippen molar-refractivity contribution in [3.63, 3.8) is 0 Å². The summed E-state index contributed by atoms with van der Waals surface area (Å²) in [5.74, 6) is 1.90. The molecule has 0 saturated carbocycles. The maximum atomic E-state index is 5.20. The standard InChI is InChI=1S/C51H33N3/c1-2-11-34(12-3-1)41-17-8-18-44(33-41)50-52-49(38-27-23-37(24-28-38)42-29-25-35-13-4-6-15-39(35)31-42)53-51(54-50)48-22-10-20-46-45(19-9-21-47(46)48)43-30-26-36-14-5-7-16-40(36)32-43/h1-33H. The third-order valence-corrected chi connectivity index (χ3v) is 10.3. The fourth-order valence-electron chi connectivity index (χ4n) is 7.52. The summed E-state index contributed by atoms with van der Waals surface area (Å²) in [5, 5.41) is 7.16. The molecule has 3 nitrogen and oxygen atoms in total. The van der Waals surface area contributed by atoms with Crippen LogP contribution in [0.3, 0.4) is 0 Å². The Hall–Kier alpha value is -7.23. The van der Waals surface area contributed by atoms with E-state index in [0.717, 1.165) is 44.2 Å². The second-order valence-corrected chi connectivity index (χ2v) is 13.7. The van der Waals surface area contributed by atoms with Gasteiger partial charge in [-0.05, 0) is 83.9 Å². The highest BCUT2D eigenvalue weighted by Gasteiger charge is 2.16. The topological polar surface area (TPSA) is 38.7 Å².